The highest BCUT2D eigenvalue weighted by Gasteiger charge is 2.54. The number of hydrogen-bond donors (Lipinski definition) is 1. The molecule has 164 valence electrons. The fourth-order valence-corrected chi connectivity index (χ4v) is 5.23. The molecule has 2 amide bonds. The van der Waals surface area contributed by atoms with E-state index >= 15 is 0 Å². The number of nitrogens with two attached hydrogens (primary N) is 1. The second-order valence-corrected chi connectivity index (χ2v) is 9.16. The first-order chi connectivity index (χ1) is 14.9. The van der Waals surface area contributed by atoms with Gasteiger partial charge in [-0.3, -0.25) is 19.4 Å². The van der Waals surface area contributed by atoms with Crippen LogP contribution in [-0.4, -0.2) is 51.8 Å². The molecule has 0 aromatic carbocycles. The molecule has 4 rings (SSSR count). The minimum Gasteiger partial charge on any atom is -0.465 e. The van der Waals surface area contributed by atoms with Gasteiger partial charge in [0.25, 0.3) is 0 Å². The van der Waals surface area contributed by atoms with E-state index in [-0.39, 0.29) is 18.3 Å². The van der Waals surface area contributed by atoms with Crippen LogP contribution in [0.4, 0.5) is 0 Å². The van der Waals surface area contributed by atoms with E-state index in [1.165, 1.54) is 11.3 Å². The number of amides is 2. The Morgan fingerprint density at radius 1 is 1.35 bits per heavy atom. The van der Waals surface area contributed by atoms with Gasteiger partial charge in [0.05, 0.1) is 29.3 Å². The molecule has 1 aliphatic heterocycles. The van der Waals surface area contributed by atoms with Crippen LogP contribution in [0.25, 0.3) is 10.4 Å². The minimum absolute atomic E-state index is 0.128. The van der Waals surface area contributed by atoms with Crippen LogP contribution in [0, 0.1) is 6.92 Å². The molecule has 1 aliphatic carbocycles. The van der Waals surface area contributed by atoms with Crippen LogP contribution in [0.3, 0.4) is 0 Å². The van der Waals surface area contributed by atoms with Gasteiger partial charge in [-0.15, -0.1) is 11.3 Å². The number of pyridine rings is 1. The summed E-state index contributed by atoms with van der Waals surface area (Å²) in [6.45, 7) is 4.60. The average Bonchev–Trinajstić information content (AvgIpc) is 3.25. The summed E-state index contributed by atoms with van der Waals surface area (Å²) >= 11 is 1.45. The molecule has 2 aliphatic rings. The molecule has 1 saturated heterocycles. The lowest BCUT2D eigenvalue weighted by molar-refractivity contribution is -0.146. The Balaban J connectivity index is 1.54. The van der Waals surface area contributed by atoms with Crippen molar-refractivity contribution < 1.29 is 19.1 Å². The van der Waals surface area contributed by atoms with Crippen molar-refractivity contribution in [3.05, 3.63) is 34.7 Å². The molecule has 31 heavy (non-hydrogen) atoms. The molecule has 8 nitrogen and oxygen atoms in total. The van der Waals surface area contributed by atoms with Crippen molar-refractivity contribution in [3.63, 3.8) is 0 Å². The van der Waals surface area contributed by atoms with Crippen molar-refractivity contribution in [2.24, 2.45) is 5.73 Å². The van der Waals surface area contributed by atoms with Crippen molar-refractivity contribution in [1.29, 1.82) is 0 Å². The minimum atomic E-state index is -0.636. The number of esters is 1. The smallest absolute Gasteiger partial charge is 0.318 e. The van der Waals surface area contributed by atoms with Crippen LogP contribution in [0.5, 0.6) is 0 Å². The van der Waals surface area contributed by atoms with Crippen molar-refractivity contribution in [3.8, 4) is 10.4 Å². The molecule has 1 saturated carbocycles. The first-order valence-corrected chi connectivity index (χ1v) is 11.4. The van der Waals surface area contributed by atoms with E-state index in [1.807, 2.05) is 19.1 Å². The number of ether oxygens (including phenoxy) is 1. The third-order valence-electron chi connectivity index (χ3n) is 5.97. The van der Waals surface area contributed by atoms with E-state index in [0.29, 0.717) is 24.6 Å². The standard InChI is InChI=1S/C22H26N4O4S/c1-3-30-21(29)22(7-8-22)16-11-14(6-9-24-16)19-13(2)25-17(31-19)12-18(27)26-10-4-5-15(26)20(23)28/h6,9,11,15H,3-5,7-8,10,12H2,1-2H3,(H2,23,28)/t15-/m0/s1. The zero-order valence-corrected chi connectivity index (χ0v) is 18.5. The summed E-state index contributed by atoms with van der Waals surface area (Å²) in [5.74, 6) is -0.806. The molecule has 3 heterocycles. The van der Waals surface area contributed by atoms with Crippen molar-refractivity contribution in [2.45, 2.75) is 57.4 Å². The Bertz CT molecular complexity index is 1030. The number of hydrogen-bond acceptors (Lipinski definition) is 7. The van der Waals surface area contributed by atoms with E-state index < -0.39 is 17.4 Å². The highest BCUT2D eigenvalue weighted by atomic mass is 32.1. The van der Waals surface area contributed by atoms with Crippen molar-refractivity contribution in [2.75, 3.05) is 13.2 Å². The Morgan fingerprint density at radius 2 is 2.13 bits per heavy atom. The Labute approximate surface area is 184 Å². The summed E-state index contributed by atoms with van der Waals surface area (Å²) in [4.78, 5) is 48.3. The molecular weight excluding hydrogens is 416 g/mol. The summed E-state index contributed by atoms with van der Waals surface area (Å²) < 4.78 is 5.25. The maximum Gasteiger partial charge on any atom is 0.318 e. The molecular formula is C22H26N4O4S. The lowest BCUT2D eigenvalue weighted by Gasteiger charge is -2.21. The number of aromatic nitrogens is 2. The van der Waals surface area contributed by atoms with Gasteiger partial charge in [-0.1, -0.05) is 0 Å². The summed E-state index contributed by atoms with van der Waals surface area (Å²) in [6.07, 6.45) is 4.71. The largest absolute Gasteiger partial charge is 0.465 e. The normalized spacial score (nSPS) is 19.3. The summed E-state index contributed by atoms with van der Waals surface area (Å²) in [7, 11) is 0. The van der Waals surface area contributed by atoms with E-state index in [4.69, 9.17) is 10.5 Å². The van der Waals surface area contributed by atoms with Crippen LogP contribution < -0.4 is 5.73 Å². The van der Waals surface area contributed by atoms with E-state index in [2.05, 4.69) is 9.97 Å². The molecule has 0 bridgehead atoms. The highest BCUT2D eigenvalue weighted by Crippen LogP contribution is 2.49. The van der Waals surface area contributed by atoms with Crippen LogP contribution in [0.2, 0.25) is 0 Å². The molecule has 0 spiro atoms. The average molecular weight is 443 g/mol. The van der Waals surface area contributed by atoms with Crippen LogP contribution in [-0.2, 0) is 31.0 Å². The van der Waals surface area contributed by atoms with Crippen LogP contribution >= 0.6 is 11.3 Å². The number of carbonyl (C=O) groups is 3. The Kier molecular flexibility index (Phi) is 5.79. The number of aryl methyl sites for hydroxylation is 1. The zero-order valence-electron chi connectivity index (χ0n) is 17.7. The number of carbonyl (C=O) groups excluding carboxylic acids is 3. The van der Waals surface area contributed by atoms with Crippen LogP contribution in [0.1, 0.15) is 49.0 Å². The molecule has 2 fully saturated rings. The van der Waals surface area contributed by atoms with Gasteiger partial charge in [0.2, 0.25) is 11.8 Å². The number of rotatable bonds is 7. The van der Waals surface area contributed by atoms with Crippen molar-refractivity contribution >= 4 is 29.1 Å². The molecule has 0 radical (unpaired) electrons. The summed E-state index contributed by atoms with van der Waals surface area (Å²) in [5.41, 5.74) is 7.26. The monoisotopic (exact) mass is 442 g/mol. The molecule has 2 aromatic rings. The second kappa shape index (κ2) is 8.37. The Hall–Kier alpha value is -2.81. The lowest BCUT2D eigenvalue weighted by atomic mass is 10.00. The molecule has 1 atom stereocenters. The van der Waals surface area contributed by atoms with Gasteiger partial charge in [0.1, 0.15) is 16.5 Å². The Morgan fingerprint density at radius 3 is 2.81 bits per heavy atom. The topological polar surface area (TPSA) is 115 Å². The first-order valence-electron chi connectivity index (χ1n) is 10.5. The van der Waals surface area contributed by atoms with E-state index in [9.17, 15) is 14.4 Å². The summed E-state index contributed by atoms with van der Waals surface area (Å²) in [6, 6.07) is 3.30. The predicted molar refractivity (Wildman–Crippen MR) is 115 cm³/mol. The third kappa shape index (κ3) is 4.06. The van der Waals surface area contributed by atoms with Gasteiger partial charge in [-0.25, -0.2) is 4.98 Å². The molecule has 9 heteroatoms. The van der Waals surface area contributed by atoms with Crippen molar-refractivity contribution in [1.82, 2.24) is 14.9 Å². The second-order valence-electron chi connectivity index (χ2n) is 8.08. The quantitative estimate of drug-likeness (QED) is 0.657. The maximum absolute atomic E-state index is 12.7. The van der Waals surface area contributed by atoms with Gasteiger partial charge >= 0.3 is 5.97 Å². The van der Waals surface area contributed by atoms with Gasteiger partial charge in [-0.2, -0.15) is 0 Å². The zero-order chi connectivity index (χ0) is 22.2. The lowest BCUT2D eigenvalue weighted by Crippen LogP contribution is -2.44. The van der Waals surface area contributed by atoms with E-state index in [0.717, 1.165) is 41.1 Å². The maximum atomic E-state index is 12.7. The number of nitrogens with zero attached hydrogens (tertiary/aromatic N) is 3. The first kappa shape index (κ1) is 21.4. The number of likely N-dealkylation sites (tertiary alicyclic amines) is 1. The molecule has 2 N–H and O–H groups in total. The van der Waals surface area contributed by atoms with Gasteiger partial charge in [-0.05, 0) is 57.2 Å². The van der Waals surface area contributed by atoms with E-state index in [1.54, 1.807) is 18.0 Å². The van der Waals surface area contributed by atoms with Crippen LogP contribution in [0.15, 0.2) is 18.3 Å². The highest BCUT2D eigenvalue weighted by molar-refractivity contribution is 7.15. The van der Waals surface area contributed by atoms with Gasteiger partial charge in [0, 0.05) is 12.7 Å². The molecule has 0 unspecified atom stereocenters. The van der Waals surface area contributed by atoms with Gasteiger partial charge in [0.15, 0.2) is 0 Å². The molecule has 2 aromatic heterocycles. The number of primary amides is 1. The third-order valence-corrected chi connectivity index (χ3v) is 7.18. The fraction of sp³-hybridized carbons (Fsp3) is 0.500. The fourth-order valence-electron chi connectivity index (χ4n) is 4.18. The van der Waals surface area contributed by atoms with Gasteiger partial charge < -0.3 is 15.4 Å². The number of thiazole rings is 1. The predicted octanol–water partition coefficient (Wildman–Crippen LogP) is 2.13. The SMILES string of the molecule is CCOC(=O)C1(c2cc(-c3sc(CC(=O)N4CCC[C@H]4C(N)=O)nc3C)ccn2)CC1. The summed E-state index contributed by atoms with van der Waals surface area (Å²) in [5, 5.41) is 0.692.